The predicted molar refractivity (Wildman–Crippen MR) is 119 cm³/mol. The van der Waals surface area contributed by atoms with Crippen molar-refractivity contribution in [2.75, 3.05) is 26.9 Å². The topological polar surface area (TPSA) is 96.0 Å². The molecule has 182 valence electrons. The quantitative estimate of drug-likeness (QED) is 0.341. The zero-order valence-corrected chi connectivity index (χ0v) is 20.2. The van der Waals surface area contributed by atoms with Gasteiger partial charge in [0.2, 0.25) is 0 Å². The highest BCUT2D eigenvalue weighted by Gasteiger charge is 2.74. The lowest BCUT2D eigenvalue weighted by molar-refractivity contribution is -0.223. The van der Waals surface area contributed by atoms with Crippen LogP contribution < -0.4 is 0 Å². The van der Waals surface area contributed by atoms with E-state index in [0.29, 0.717) is 18.4 Å². The maximum absolute atomic E-state index is 14.3. The molecule has 0 aliphatic heterocycles. The molecule has 7 atom stereocenters. The van der Waals surface area contributed by atoms with Crippen molar-refractivity contribution < 1.29 is 33.4 Å². The standard InChI is InChI=1S/C26H36O7/c1-15-18-7-10-26(22(15)29)20(11-18)25(14-33-17(3)28)9-6-8-24(4,13-32-16(2)27)21(25)19(12-31-5)23(26)30/h18-21H,1,6-14H2,2-5H3/t18?,19?,20?,21?,24-,25?,26?/m0/s1. The van der Waals surface area contributed by atoms with Crippen molar-refractivity contribution in [1.29, 1.82) is 0 Å². The van der Waals surface area contributed by atoms with Crippen LogP contribution in [0, 0.1) is 39.9 Å². The van der Waals surface area contributed by atoms with E-state index in [1.54, 1.807) is 7.11 Å². The predicted octanol–water partition coefficient (Wildman–Crippen LogP) is 3.29. The summed E-state index contributed by atoms with van der Waals surface area (Å²) in [6, 6.07) is 0. The molecule has 33 heavy (non-hydrogen) atoms. The van der Waals surface area contributed by atoms with Gasteiger partial charge in [0.15, 0.2) is 11.6 Å². The largest absolute Gasteiger partial charge is 0.465 e. The lowest BCUT2D eigenvalue weighted by Crippen LogP contribution is -2.72. The third kappa shape index (κ3) is 3.41. The van der Waals surface area contributed by atoms with Gasteiger partial charge in [-0.1, -0.05) is 19.9 Å². The third-order valence-electron chi connectivity index (χ3n) is 9.32. The Hall–Kier alpha value is -2.02. The molecule has 0 amide bonds. The Morgan fingerprint density at radius 2 is 1.73 bits per heavy atom. The first-order valence-corrected chi connectivity index (χ1v) is 12.1. The molecule has 5 aliphatic rings. The SMILES string of the molecule is C=C1C(=O)C23CCC1CC2C1(COC(C)=O)CCC[C@@](C)(COC(C)=O)C1C(COC)C3=O. The summed E-state index contributed by atoms with van der Waals surface area (Å²) in [6.45, 7) is 9.44. The molecule has 0 N–H and O–H groups in total. The Morgan fingerprint density at radius 1 is 1.06 bits per heavy atom. The number of allylic oxidation sites excluding steroid dienone is 1. The van der Waals surface area contributed by atoms with Gasteiger partial charge in [0.25, 0.3) is 0 Å². The van der Waals surface area contributed by atoms with Crippen LogP contribution in [-0.4, -0.2) is 50.4 Å². The second kappa shape index (κ2) is 8.33. The van der Waals surface area contributed by atoms with Crippen molar-refractivity contribution in [3.63, 3.8) is 0 Å². The Balaban J connectivity index is 1.90. The fourth-order valence-electron chi connectivity index (χ4n) is 8.24. The molecule has 5 rings (SSSR count). The van der Waals surface area contributed by atoms with E-state index in [1.165, 1.54) is 13.8 Å². The fraction of sp³-hybridized carbons (Fsp3) is 0.769. The van der Waals surface area contributed by atoms with E-state index in [2.05, 4.69) is 13.5 Å². The molecule has 5 aliphatic carbocycles. The van der Waals surface area contributed by atoms with Crippen molar-refractivity contribution in [3.05, 3.63) is 12.2 Å². The van der Waals surface area contributed by atoms with E-state index in [0.717, 1.165) is 25.7 Å². The second-order valence-electron chi connectivity index (χ2n) is 11.1. The summed E-state index contributed by atoms with van der Waals surface area (Å²) in [5.74, 6) is -1.85. The minimum atomic E-state index is -1.12. The fourth-order valence-corrected chi connectivity index (χ4v) is 8.24. The summed E-state index contributed by atoms with van der Waals surface area (Å²) >= 11 is 0. The number of esters is 2. The molecule has 7 nitrogen and oxygen atoms in total. The highest BCUT2D eigenvalue weighted by atomic mass is 16.5. The summed E-state index contributed by atoms with van der Waals surface area (Å²) in [7, 11) is 1.57. The molecular weight excluding hydrogens is 424 g/mol. The van der Waals surface area contributed by atoms with Crippen molar-refractivity contribution in [3.8, 4) is 0 Å². The monoisotopic (exact) mass is 460 g/mol. The van der Waals surface area contributed by atoms with Gasteiger partial charge in [0.05, 0.1) is 25.2 Å². The van der Waals surface area contributed by atoms with Gasteiger partial charge in [-0.3, -0.25) is 19.2 Å². The number of hydrogen-bond acceptors (Lipinski definition) is 7. The van der Waals surface area contributed by atoms with E-state index in [1.807, 2.05) is 0 Å². The zero-order chi connectivity index (χ0) is 24.2. The van der Waals surface area contributed by atoms with Gasteiger partial charge in [-0.2, -0.15) is 0 Å². The molecule has 0 aromatic heterocycles. The van der Waals surface area contributed by atoms with Crippen molar-refractivity contribution in [2.45, 2.75) is 59.3 Å². The van der Waals surface area contributed by atoms with Crippen LogP contribution in [0.1, 0.15) is 59.3 Å². The average Bonchev–Trinajstić information content (AvgIpc) is 2.77. The zero-order valence-electron chi connectivity index (χ0n) is 20.2. The smallest absolute Gasteiger partial charge is 0.302 e. The number of methoxy groups -OCH3 is 1. The van der Waals surface area contributed by atoms with Gasteiger partial charge < -0.3 is 14.2 Å². The lowest BCUT2D eigenvalue weighted by Gasteiger charge is -2.68. The van der Waals surface area contributed by atoms with E-state index >= 15 is 0 Å². The molecule has 0 radical (unpaired) electrons. The van der Waals surface area contributed by atoms with Crippen LogP contribution >= 0.6 is 0 Å². The van der Waals surface area contributed by atoms with E-state index in [-0.39, 0.29) is 61.1 Å². The number of carbonyl (C=O) groups excluding carboxylic acids is 4. The number of Topliss-reactive ketones (excluding diaryl/α,β-unsaturated/α-hetero) is 2. The van der Waals surface area contributed by atoms with Crippen LogP contribution in [0.4, 0.5) is 0 Å². The number of fused-ring (bicyclic) bond motifs is 3. The number of rotatable bonds is 6. The summed E-state index contributed by atoms with van der Waals surface area (Å²) in [5.41, 5.74) is -1.61. The average molecular weight is 461 g/mol. The molecule has 1 spiro atoms. The number of hydrogen-bond donors (Lipinski definition) is 0. The number of ketones is 2. The third-order valence-corrected chi connectivity index (χ3v) is 9.32. The van der Waals surface area contributed by atoms with Crippen LogP contribution in [0.2, 0.25) is 0 Å². The normalized spacial score (nSPS) is 41.9. The highest BCUT2D eigenvalue weighted by Crippen LogP contribution is 2.71. The van der Waals surface area contributed by atoms with Crippen LogP contribution in [0.3, 0.4) is 0 Å². The Labute approximate surface area is 195 Å². The highest BCUT2D eigenvalue weighted by molar-refractivity contribution is 6.17. The number of carbonyl (C=O) groups is 4. The Bertz CT molecular complexity index is 893. The van der Waals surface area contributed by atoms with Gasteiger partial charge >= 0.3 is 11.9 Å². The number of ether oxygens (including phenoxy) is 3. The molecule has 5 fully saturated rings. The van der Waals surface area contributed by atoms with Crippen LogP contribution in [-0.2, 0) is 33.4 Å². The van der Waals surface area contributed by atoms with Crippen LogP contribution in [0.5, 0.6) is 0 Å². The van der Waals surface area contributed by atoms with E-state index < -0.39 is 22.2 Å². The van der Waals surface area contributed by atoms with Gasteiger partial charge in [0, 0.05) is 37.7 Å². The summed E-state index contributed by atoms with van der Waals surface area (Å²) < 4.78 is 16.8. The van der Waals surface area contributed by atoms with E-state index in [9.17, 15) is 19.2 Å². The van der Waals surface area contributed by atoms with E-state index in [4.69, 9.17) is 14.2 Å². The Morgan fingerprint density at radius 3 is 2.36 bits per heavy atom. The van der Waals surface area contributed by atoms with Gasteiger partial charge in [0.1, 0.15) is 0 Å². The first-order valence-electron chi connectivity index (χ1n) is 12.1. The lowest BCUT2D eigenvalue weighted by atomic mass is 9.34. The van der Waals surface area contributed by atoms with Crippen LogP contribution in [0.15, 0.2) is 12.2 Å². The maximum atomic E-state index is 14.3. The second-order valence-corrected chi connectivity index (χ2v) is 11.1. The first-order chi connectivity index (χ1) is 15.5. The molecule has 0 saturated heterocycles. The minimum Gasteiger partial charge on any atom is -0.465 e. The summed E-state index contributed by atoms with van der Waals surface area (Å²) in [5, 5.41) is 0. The summed E-state index contributed by atoms with van der Waals surface area (Å²) in [6.07, 6.45) is 4.39. The molecule has 0 heterocycles. The van der Waals surface area contributed by atoms with Gasteiger partial charge in [-0.15, -0.1) is 0 Å². The van der Waals surface area contributed by atoms with Gasteiger partial charge in [-0.05, 0) is 55.4 Å². The minimum absolute atomic E-state index is 0.0574. The van der Waals surface area contributed by atoms with Crippen molar-refractivity contribution in [2.24, 2.45) is 39.9 Å². The first kappa shape index (κ1) is 24.1. The molecule has 5 saturated carbocycles. The Kier molecular flexibility index (Phi) is 6.09. The van der Waals surface area contributed by atoms with Gasteiger partial charge in [-0.25, -0.2) is 0 Å². The van der Waals surface area contributed by atoms with Crippen molar-refractivity contribution in [1.82, 2.24) is 0 Å². The molecule has 0 aromatic rings. The molecule has 2 bridgehead atoms. The summed E-state index contributed by atoms with van der Waals surface area (Å²) in [4.78, 5) is 51.7. The van der Waals surface area contributed by atoms with Crippen LogP contribution in [0.25, 0.3) is 0 Å². The van der Waals surface area contributed by atoms with Crippen molar-refractivity contribution >= 4 is 23.5 Å². The molecular formula is C26H36O7. The molecule has 6 unspecified atom stereocenters. The molecule has 7 heteroatoms. The maximum Gasteiger partial charge on any atom is 0.302 e. The molecule has 0 aromatic carbocycles.